The Hall–Kier alpha value is -1.63. The summed E-state index contributed by atoms with van der Waals surface area (Å²) in [6.07, 6.45) is 0.815. The minimum Gasteiger partial charge on any atom is -0.481 e. The molecule has 3 N–H and O–H groups in total. The van der Waals surface area contributed by atoms with Gasteiger partial charge in [-0.25, -0.2) is 9.18 Å². The first-order chi connectivity index (χ1) is 9.38. The molecule has 0 saturated heterocycles. The summed E-state index contributed by atoms with van der Waals surface area (Å²) in [6, 6.07) is 2.42. The summed E-state index contributed by atoms with van der Waals surface area (Å²) in [6.45, 7) is 1.60. The molecule has 0 unspecified atom stereocenters. The number of hydrogen-bond donors (Lipinski definition) is 3. The van der Waals surface area contributed by atoms with Gasteiger partial charge in [0, 0.05) is 16.1 Å². The Labute approximate surface area is 123 Å². The van der Waals surface area contributed by atoms with E-state index in [2.05, 4.69) is 26.6 Å². The molecule has 0 aliphatic heterocycles. The van der Waals surface area contributed by atoms with Crippen molar-refractivity contribution in [2.45, 2.75) is 25.8 Å². The van der Waals surface area contributed by atoms with E-state index in [-0.39, 0.29) is 11.7 Å². The highest BCUT2D eigenvalue weighted by atomic mass is 79.9. The van der Waals surface area contributed by atoms with Gasteiger partial charge >= 0.3 is 12.0 Å². The molecule has 108 valence electrons. The third-order valence-electron chi connectivity index (χ3n) is 3.39. The summed E-state index contributed by atoms with van der Waals surface area (Å²) in [5.74, 6) is -1.74. The molecule has 1 aromatic rings. The molecule has 0 spiro atoms. The third kappa shape index (κ3) is 3.09. The summed E-state index contributed by atoms with van der Waals surface area (Å²) in [5, 5.41) is 13.8. The molecule has 1 fully saturated rings. The molecular formula is C13H14BrFN2O3. The van der Waals surface area contributed by atoms with E-state index >= 15 is 0 Å². The second kappa shape index (κ2) is 5.78. The van der Waals surface area contributed by atoms with Crippen molar-refractivity contribution < 1.29 is 19.1 Å². The largest absolute Gasteiger partial charge is 0.481 e. The van der Waals surface area contributed by atoms with Crippen molar-refractivity contribution in [1.29, 1.82) is 0 Å². The van der Waals surface area contributed by atoms with Crippen LogP contribution >= 0.6 is 15.9 Å². The zero-order chi connectivity index (χ0) is 14.9. The van der Waals surface area contributed by atoms with E-state index < -0.39 is 23.7 Å². The van der Waals surface area contributed by atoms with Gasteiger partial charge in [0.1, 0.15) is 0 Å². The van der Waals surface area contributed by atoms with Crippen molar-refractivity contribution in [3.8, 4) is 0 Å². The molecule has 1 aliphatic carbocycles. The zero-order valence-corrected chi connectivity index (χ0v) is 12.3. The Morgan fingerprint density at radius 1 is 1.40 bits per heavy atom. The first-order valence-electron chi connectivity index (χ1n) is 6.13. The van der Waals surface area contributed by atoms with Gasteiger partial charge in [-0.05, 0) is 31.9 Å². The molecule has 1 aliphatic rings. The van der Waals surface area contributed by atoms with E-state index in [9.17, 15) is 14.0 Å². The van der Waals surface area contributed by atoms with Gasteiger partial charge in [0.15, 0.2) is 5.82 Å². The van der Waals surface area contributed by atoms with Gasteiger partial charge in [-0.1, -0.05) is 15.9 Å². The molecule has 2 rings (SSSR count). The van der Waals surface area contributed by atoms with Crippen molar-refractivity contribution in [3.05, 3.63) is 28.0 Å². The zero-order valence-electron chi connectivity index (χ0n) is 10.7. The van der Waals surface area contributed by atoms with Gasteiger partial charge in [0.05, 0.1) is 11.6 Å². The maximum atomic E-state index is 13.9. The van der Waals surface area contributed by atoms with Crippen LogP contribution in [0, 0.1) is 18.7 Å². The Kier molecular flexibility index (Phi) is 4.27. The SMILES string of the molecule is Cc1c(Br)ccc(NC(=O)NC2CC(C(=O)O)C2)c1F. The molecule has 1 saturated carbocycles. The highest BCUT2D eigenvalue weighted by molar-refractivity contribution is 9.10. The molecule has 0 aromatic heterocycles. The van der Waals surface area contributed by atoms with Gasteiger partial charge in [-0.3, -0.25) is 4.79 Å². The van der Waals surface area contributed by atoms with E-state index in [0.717, 1.165) is 0 Å². The number of halogens is 2. The number of rotatable bonds is 3. The van der Waals surface area contributed by atoms with E-state index in [0.29, 0.717) is 22.9 Å². The van der Waals surface area contributed by atoms with Crippen LogP contribution in [0.25, 0.3) is 0 Å². The minimum atomic E-state index is -0.849. The van der Waals surface area contributed by atoms with Crippen molar-refractivity contribution in [1.82, 2.24) is 5.32 Å². The molecule has 1 aromatic carbocycles. The summed E-state index contributed by atoms with van der Waals surface area (Å²) >= 11 is 3.20. The quantitative estimate of drug-likeness (QED) is 0.788. The van der Waals surface area contributed by atoms with Gasteiger partial charge in [0.2, 0.25) is 0 Å². The smallest absolute Gasteiger partial charge is 0.319 e. The van der Waals surface area contributed by atoms with Crippen molar-refractivity contribution >= 4 is 33.6 Å². The number of hydrogen-bond acceptors (Lipinski definition) is 2. The molecule has 0 bridgehead atoms. The standard InChI is InChI=1S/C13H14BrFN2O3/c1-6-9(14)2-3-10(11(6)15)17-13(20)16-8-4-7(5-8)12(18)19/h2-3,7-8H,4-5H2,1H3,(H,18,19)(H2,16,17,20). The first-order valence-corrected chi connectivity index (χ1v) is 6.92. The van der Waals surface area contributed by atoms with Crippen LogP contribution in [0.5, 0.6) is 0 Å². The van der Waals surface area contributed by atoms with Crippen LogP contribution in [0.15, 0.2) is 16.6 Å². The fourth-order valence-corrected chi connectivity index (χ4v) is 2.35. The Balaban J connectivity index is 1.90. The average molecular weight is 345 g/mol. The Morgan fingerprint density at radius 2 is 2.05 bits per heavy atom. The van der Waals surface area contributed by atoms with Crippen LogP contribution in [-0.4, -0.2) is 23.1 Å². The van der Waals surface area contributed by atoms with Gasteiger partial charge in [0.25, 0.3) is 0 Å². The van der Waals surface area contributed by atoms with Gasteiger partial charge in [-0.15, -0.1) is 0 Å². The summed E-state index contributed by atoms with van der Waals surface area (Å²) in [5.41, 5.74) is 0.509. The van der Waals surface area contributed by atoms with Crippen LogP contribution in [0.4, 0.5) is 14.9 Å². The topological polar surface area (TPSA) is 78.4 Å². The van der Waals surface area contributed by atoms with Crippen molar-refractivity contribution in [3.63, 3.8) is 0 Å². The number of benzene rings is 1. The van der Waals surface area contributed by atoms with E-state index in [1.54, 1.807) is 13.0 Å². The Morgan fingerprint density at radius 3 is 2.65 bits per heavy atom. The maximum absolute atomic E-state index is 13.9. The number of carboxylic acids is 1. The van der Waals surface area contributed by atoms with E-state index in [1.807, 2.05) is 0 Å². The van der Waals surface area contributed by atoms with Gasteiger partial charge < -0.3 is 15.7 Å². The normalized spacial score (nSPS) is 20.9. The lowest BCUT2D eigenvalue weighted by Crippen LogP contribution is -2.48. The second-order valence-corrected chi connectivity index (χ2v) is 5.69. The summed E-state index contributed by atoms with van der Waals surface area (Å²) in [7, 11) is 0. The number of carbonyl (C=O) groups excluding carboxylic acids is 1. The molecular weight excluding hydrogens is 331 g/mol. The van der Waals surface area contributed by atoms with Gasteiger partial charge in [-0.2, -0.15) is 0 Å². The lowest BCUT2D eigenvalue weighted by atomic mass is 9.80. The van der Waals surface area contributed by atoms with Crippen molar-refractivity contribution in [2.24, 2.45) is 5.92 Å². The monoisotopic (exact) mass is 344 g/mol. The van der Waals surface area contributed by atoms with Crippen LogP contribution in [0.2, 0.25) is 0 Å². The molecule has 20 heavy (non-hydrogen) atoms. The highest BCUT2D eigenvalue weighted by Gasteiger charge is 2.35. The third-order valence-corrected chi connectivity index (χ3v) is 4.25. The van der Waals surface area contributed by atoms with Crippen LogP contribution < -0.4 is 10.6 Å². The second-order valence-electron chi connectivity index (χ2n) is 4.84. The molecule has 2 amide bonds. The highest BCUT2D eigenvalue weighted by Crippen LogP contribution is 2.28. The fraction of sp³-hybridized carbons (Fsp3) is 0.385. The van der Waals surface area contributed by atoms with Crippen molar-refractivity contribution in [2.75, 3.05) is 5.32 Å². The number of carboxylic acid groups (broad SMARTS) is 1. The van der Waals surface area contributed by atoms with E-state index in [1.165, 1.54) is 6.07 Å². The lowest BCUT2D eigenvalue weighted by molar-refractivity contribution is -0.145. The summed E-state index contributed by atoms with van der Waals surface area (Å²) in [4.78, 5) is 22.3. The van der Waals surface area contributed by atoms with Crippen LogP contribution in [-0.2, 0) is 4.79 Å². The molecule has 0 atom stereocenters. The minimum absolute atomic E-state index is 0.0947. The number of aliphatic carboxylic acids is 1. The molecule has 7 heteroatoms. The first kappa shape index (κ1) is 14.8. The maximum Gasteiger partial charge on any atom is 0.319 e. The predicted molar refractivity (Wildman–Crippen MR) is 75.1 cm³/mol. The lowest BCUT2D eigenvalue weighted by Gasteiger charge is -2.32. The number of nitrogens with one attached hydrogen (secondary N) is 2. The van der Waals surface area contributed by atoms with Crippen LogP contribution in [0.1, 0.15) is 18.4 Å². The average Bonchev–Trinajstić information content (AvgIpc) is 2.33. The van der Waals surface area contributed by atoms with Crippen LogP contribution in [0.3, 0.4) is 0 Å². The molecule has 0 heterocycles. The number of anilines is 1. The summed E-state index contributed by atoms with van der Waals surface area (Å²) < 4.78 is 14.5. The number of amides is 2. The predicted octanol–water partition coefficient (Wildman–Crippen LogP) is 2.88. The fourth-order valence-electron chi connectivity index (χ4n) is 2.04. The molecule has 5 nitrogen and oxygen atoms in total. The number of carbonyl (C=O) groups is 2. The van der Waals surface area contributed by atoms with E-state index in [4.69, 9.17) is 5.11 Å². The number of urea groups is 1. The molecule has 0 radical (unpaired) electrons. The Bertz CT molecular complexity index is 559.